The van der Waals surface area contributed by atoms with Gasteiger partial charge in [0.1, 0.15) is 25.5 Å². The van der Waals surface area contributed by atoms with Gasteiger partial charge in [0, 0.05) is 0 Å². The number of carbonyl (C=O) groups excluding carboxylic acids is 3. The fourth-order valence-corrected chi connectivity index (χ4v) is 1.77. The Labute approximate surface area is 130 Å². The number of hydrogen-bond acceptors (Lipinski definition) is 5. The molecule has 0 aromatic heterocycles. The average Bonchev–Trinajstić information content (AvgIpc) is 2.51. The molecule has 0 radical (unpaired) electrons. The van der Waals surface area contributed by atoms with E-state index in [-0.39, 0.29) is 19.1 Å². The van der Waals surface area contributed by atoms with Crippen LogP contribution in [0.3, 0.4) is 0 Å². The van der Waals surface area contributed by atoms with Gasteiger partial charge in [0.25, 0.3) is 0 Å². The highest BCUT2D eigenvalue weighted by atomic mass is 16.7. The number of hydrogen-bond donors (Lipinski definition) is 0. The van der Waals surface area contributed by atoms with Gasteiger partial charge < -0.3 is 14.3 Å². The maximum absolute atomic E-state index is 11.9. The summed E-state index contributed by atoms with van der Waals surface area (Å²) in [7, 11) is 0. The zero-order valence-electron chi connectivity index (χ0n) is 12.8. The molecular formula is C16H21NO5. The van der Waals surface area contributed by atoms with Crippen molar-refractivity contribution in [2.75, 3.05) is 6.54 Å². The maximum Gasteiger partial charge on any atom is 0.434 e. The standard InChI is InChI=1S/C16H21NO5/c1-13(2)10-15(11-19)22-17(8-9-18)16(20)21-12-14-6-4-3-5-7-14/h3-7,9,11,13,15H,8,10,12H2,1-2H3. The molecule has 1 unspecified atom stereocenters. The number of aldehydes is 2. The average molecular weight is 307 g/mol. The van der Waals surface area contributed by atoms with Crippen molar-refractivity contribution < 1.29 is 24.0 Å². The van der Waals surface area contributed by atoms with E-state index in [0.29, 0.717) is 19.0 Å². The lowest BCUT2D eigenvalue weighted by Crippen LogP contribution is -2.38. The first kappa shape index (κ1) is 17.8. The fourth-order valence-electron chi connectivity index (χ4n) is 1.77. The predicted molar refractivity (Wildman–Crippen MR) is 79.8 cm³/mol. The Bertz CT molecular complexity index is 475. The van der Waals surface area contributed by atoms with Gasteiger partial charge in [-0.3, -0.25) is 4.84 Å². The van der Waals surface area contributed by atoms with Crippen LogP contribution in [0.25, 0.3) is 0 Å². The molecule has 120 valence electrons. The second kappa shape index (κ2) is 9.68. The largest absolute Gasteiger partial charge is 0.443 e. The van der Waals surface area contributed by atoms with E-state index in [2.05, 4.69) is 0 Å². The minimum absolute atomic E-state index is 0.0638. The summed E-state index contributed by atoms with van der Waals surface area (Å²) in [5.41, 5.74) is 0.816. The van der Waals surface area contributed by atoms with Crippen LogP contribution >= 0.6 is 0 Å². The summed E-state index contributed by atoms with van der Waals surface area (Å²) in [6.45, 7) is 3.62. The SMILES string of the molecule is CC(C)CC(C=O)ON(CC=O)C(=O)OCc1ccccc1. The van der Waals surface area contributed by atoms with Crippen molar-refractivity contribution in [1.82, 2.24) is 5.06 Å². The molecule has 6 heteroatoms. The topological polar surface area (TPSA) is 72.9 Å². The summed E-state index contributed by atoms with van der Waals surface area (Å²) in [6, 6.07) is 9.13. The quantitative estimate of drug-likeness (QED) is 0.517. The highest BCUT2D eigenvalue weighted by Gasteiger charge is 2.21. The Hall–Kier alpha value is -2.21. The number of rotatable bonds is 9. The molecule has 1 aromatic rings. The van der Waals surface area contributed by atoms with E-state index in [1.165, 1.54) is 0 Å². The van der Waals surface area contributed by atoms with Gasteiger partial charge in [-0.25, -0.2) is 4.79 Å². The van der Waals surface area contributed by atoms with E-state index in [4.69, 9.17) is 9.57 Å². The molecule has 6 nitrogen and oxygen atoms in total. The minimum Gasteiger partial charge on any atom is -0.443 e. The van der Waals surface area contributed by atoms with Gasteiger partial charge in [0.2, 0.25) is 0 Å². The first-order valence-electron chi connectivity index (χ1n) is 7.10. The zero-order valence-corrected chi connectivity index (χ0v) is 12.8. The van der Waals surface area contributed by atoms with Gasteiger partial charge >= 0.3 is 6.09 Å². The molecule has 0 aliphatic carbocycles. The van der Waals surface area contributed by atoms with Gasteiger partial charge in [-0.2, -0.15) is 5.06 Å². The number of carbonyl (C=O) groups is 3. The predicted octanol–water partition coefficient (Wildman–Crippen LogP) is 2.37. The van der Waals surface area contributed by atoms with Crippen LogP contribution in [-0.4, -0.2) is 36.4 Å². The molecule has 1 amide bonds. The molecular weight excluding hydrogens is 286 g/mol. The number of amides is 1. The van der Waals surface area contributed by atoms with E-state index in [1.54, 1.807) is 0 Å². The van der Waals surface area contributed by atoms with E-state index in [9.17, 15) is 14.4 Å². The monoisotopic (exact) mass is 307 g/mol. The number of hydroxylamine groups is 2. The second-order valence-corrected chi connectivity index (χ2v) is 5.18. The molecule has 1 aromatic carbocycles. The number of nitrogens with zero attached hydrogens (tertiary/aromatic N) is 1. The first-order chi connectivity index (χ1) is 10.6. The van der Waals surface area contributed by atoms with E-state index >= 15 is 0 Å². The second-order valence-electron chi connectivity index (χ2n) is 5.18. The van der Waals surface area contributed by atoms with E-state index in [1.807, 2.05) is 44.2 Å². The molecule has 0 bridgehead atoms. The van der Waals surface area contributed by atoms with Gasteiger partial charge in [-0.15, -0.1) is 0 Å². The lowest BCUT2D eigenvalue weighted by atomic mass is 10.1. The van der Waals surface area contributed by atoms with Crippen molar-refractivity contribution in [2.45, 2.75) is 33.0 Å². The zero-order chi connectivity index (χ0) is 16.4. The molecule has 0 saturated carbocycles. The molecule has 1 rings (SSSR count). The van der Waals surface area contributed by atoms with Crippen LogP contribution in [0.4, 0.5) is 4.79 Å². The van der Waals surface area contributed by atoms with Crippen molar-refractivity contribution in [3.05, 3.63) is 35.9 Å². The summed E-state index contributed by atoms with van der Waals surface area (Å²) in [5.74, 6) is 0.216. The Morgan fingerprint density at radius 1 is 1.23 bits per heavy atom. The molecule has 0 saturated heterocycles. The van der Waals surface area contributed by atoms with Gasteiger partial charge in [0.15, 0.2) is 6.29 Å². The van der Waals surface area contributed by atoms with Gasteiger partial charge in [-0.1, -0.05) is 44.2 Å². The minimum atomic E-state index is -0.799. The summed E-state index contributed by atoms with van der Waals surface area (Å²) < 4.78 is 5.08. The Morgan fingerprint density at radius 3 is 2.45 bits per heavy atom. The third-order valence-electron chi connectivity index (χ3n) is 2.77. The van der Waals surface area contributed by atoms with Crippen molar-refractivity contribution in [1.29, 1.82) is 0 Å². The van der Waals surface area contributed by atoms with Crippen molar-refractivity contribution in [2.24, 2.45) is 5.92 Å². The Morgan fingerprint density at radius 2 is 1.91 bits per heavy atom. The summed E-state index contributed by atoms with van der Waals surface area (Å²) in [6.07, 6.45) is -0.00974. The van der Waals surface area contributed by atoms with Crippen LogP contribution in [0.1, 0.15) is 25.8 Å². The third-order valence-corrected chi connectivity index (χ3v) is 2.77. The van der Waals surface area contributed by atoms with Crippen LogP contribution in [0, 0.1) is 5.92 Å². The van der Waals surface area contributed by atoms with Crippen molar-refractivity contribution >= 4 is 18.7 Å². The Balaban J connectivity index is 2.58. The van der Waals surface area contributed by atoms with Crippen LogP contribution in [0.5, 0.6) is 0 Å². The highest BCUT2D eigenvalue weighted by Crippen LogP contribution is 2.10. The molecule has 0 N–H and O–H groups in total. The smallest absolute Gasteiger partial charge is 0.434 e. The third kappa shape index (κ3) is 6.49. The first-order valence-corrected chi connectivity index (χ1v) is 7.10. The molecule has 22 heavy (non-hydrogen) atoms. The van der Waals surface area contributed by atoms with Crippen molar-refractivity contribution in [3.8, 4) is 0 Å². The number of ether oxygens (including phenoxy) is 1. The fraction of sp³-hybridized carbons (Fsp3) is 0.438. The molecule has 0 spiro atoms. The molecule has 0 heterocycles. The van der Waals surface area contributed by atoms with E-state index < -0.39 is 12.2 Å². The van der Waals surface area contributed by atoms with E-state index in [0.717, 1.165) is 10.6 Å². The van der Waals surface area contributed by atoms with Crippen molar-refractivity contribution in [3.63, 3.8) is 0 Å². The van der Waals surface area contributed by atoms with Gasteiger partial charge in [-0.05, 0) is 17.9 Å². The molecule has 0 fully saturated rings. The van der Waals surface area contributed by atoms with Gasteiger partial charge in [0.05, 0.1) is 0 Å². The lowest BCUT2D eigenvalue weighted by Gasteiger charge is -2.23. The maximum atomic E-state index is 11.9. The molecule has 0 aliphatic heterocycles. The highest BCUT2D eigenvalue weighted by molar-refractivity contribution is 5.70. The molecule has 1 atom stereocenters. The summed E-state index contributed by atoms with van der Waals surface area (Å²) in [4.78, 5) is 38.9. The summed E-state index contributed by atoms with van der Waals surface area (Å²) in [5, 5.41) is 0.775. The summed E-state index contributed by atoms with van der Waals surface area (Å²) >= 11 is 0. The normalized spacial score (nSPS) is 11.8. The molecule has 0 aliphatic rings. The van der Waals surface area contributed by atoms with Crippen LogP contribution in [0.15, 0.2) is 30.3 Å². The van der Waals surface area contributed by atoms with Crippen LogP contribution in [-0.2, 0) is 25.8 Å². The lowest BCUT2D eigenvalue weighted by molar-refractivity contribution is -0.178. The Kier molecular flexibility index (Phi) is 7.85. The van der Waals surface area contributed by atoms with Crippen LogP contribution < -0.4 is 0 Å². The van der Waals surface area contributed by atoms with Crippen LogP contribution in [0.2, 0.25) is 0 Å². The number of benzene rings is 1.